The summed E-state index contributed by atoms with van der Waals surface area (Å²) >= 11 is 0. The van der Waals surface area contributed by atoms with Crippen molar-refractivity contribution in [2.24, 2.45) is 23.2 Å². The number of aliphatic hydroxyl groups is 1. The number of hydrogen-bond acceptors (Lipinski definition) is 5. The van der Waals surface area contributed by atoms with Crippen LogP contribution < -0.4 is 0 Å². The van der Waals surface area contributed by atoms with Gasteiger partial charge in [0, 0.05) is 18.5 Å². The van der Waals surface area contributed by atoms with E-state index in [-0.39, 0.29) is 41.0 Å². The van der Waals surface area contributed by atoms with E-state index in [2.05, 4.69) is 11.8 Å². The van der Waals surface area contributed by atoms with Gasteiger partial charge < -0.3 is 14.6 Å². The molecule has 0 bridgehead atoms. The van der Waals surface area contributed by atoms with Crippen molar-refractivity contribution >= 4 is 5.97 Å². The van der Waals surface area contributed by atoms with E-state index in [0.29, 0.717) is 12.5 Å². The summed E-state index contributed by atoms with van der Waals surface area (Å²) in [6, 6.07) is 9.68. The van der Waals surface area contributed by atoms with Crippen molar-refractivity contribution in [3.63, 3.8) is 0 Å². The molecule has 2 heterocycles. The third-order valence-corrected chi connectivity index (χ3v) is 8.86. The van der Waals surface area contributed by atoms with E-state index in [1.165, 1.54) is 19.3 Å². The first-order chi connectivity index (χ1) is 14.3. The molecule has 0 aromatic heterocycles. The molecule has 4 fully saturated rings. The van der Waals surface area contributed by atoms with Crippen LogP contribution in [0.25, 0.3) is 0 Å². The van der Waals surface area contributed by atoms with Crippen LogP contribution in [0, 0.1) is 23.2 Å². The predicted molar refractivity (Wildman–Crippen MR) is 114 cm³/mol. The summed E-state index contributed by atoms with van der Waals surface area (Å²) in [5.41, 5.74) is 1.22. The van der Waals surface area contributed by atoms with E-state index in [0.717, 1.165) is 25.0 Å². The van der Waals surface area contributed by atoms with E-state index < -0.39 is 6.10 Å². The number of hydrogen-bond donors (Lipinski definition) is 1. The normalized spacial score (nSPS) is 41.8. The Bertz CT molecular complexity index is 794. The smallest absolute Gasteiger partial charge is 0.310 e. The second kappa shape index (κ2) is 7.32. The molecule has 1 aromatic carbocycles. The summed E-state index contributed by atoms with van der Waals surface area (Å²) in [5, 5.41) is 10.8. The van der Waals surface area contributed by atoms with Gasteiger partial charge >= 0.3 is 5.97 Å². The summed E-state index contributed by atoms with van der Waals surface area (Å²) in [6.45, 7) is 5.94. The lowest BCUT2D eigenvalue weighted by Crippen LogP contribution is -2.51. The molecule has 1 aromatic rings. The molecule has 0 amide bonds. The van der Waals surface area contributed by atoms with Gasteiger partial charge in [-0.3, -0.25) is 9.69 Å². The van der Waals surface area contributed by atoms with Gasteiger partial charge in [0.1, 0.15) is 6.10 Å². The fourth-order valence-electron chi connectivity index (χ4n) is 6.81. The summed E-state index contributed by atoms with van der Waals surface area (Å²) in [5.74, 6) is 0.631. The highest BCUT2D eigenvalue weighted by Gasteiger charge is 2.65. The summed E-state index contributed by atoms with van der Waals surface area (Å²) < 4.78 is 12.0. The van der Waals surface area contributed by atoms with E-state index in [1.54, 1.807) is 0 Å². The lowest BCUT2D eigenvalue weighted by atomic mass is 9.53. The fraction of sp³-hybridized carbons (Fsp3) is 0.720. The van der Waals surface area contributed by atoms with Crippen LogP contribution in [0.3, 0.4) is 0 Å². The molecule has 164 valence electrons. The standard InChI is InChI=1S/C25H35NO4/c1-16(22(27)17-8-5-4-6-9-17)26(3)14-19-18-12-21-24(2,13-20(18)30-23(19)28)10-7-11-25(21)15-29-25/h4-6,8-9,16,18-22,27H,7,10-15H2,1-3H3/t16-,18-,19-,20+,21-,22+,24+,25+/m0/s1. The molecule has 5 rings (SSSR count). The van der Waals surface area contributed by atoms with Gasteiger partial charge in [0.05, 0.1) is 24.2 Å². The third kappa shape index (κ3) is 3.30. The number of nitrogens with zero attached hydrogens (tertiary/aromatic N) is 1. The SMILES string of the molecule is C[C@@H]([C@@H](O)c1ccccc1)N(C)C[C@@H]1C(=O)O[C@@H]2C[C@@]3(C)CCC[C@@]4(CO4)[C@H]3C[C@@H]12. The predicted octanol–water partition coefficient (Wildman–Crippen LogP) is 3.57. The van der Waals surface area contributed by atoms with E-state index in [4.69, 9.17) is 9.47 Å². The minimum absolute atomic E-state index is 0.0420. The topological polar surface area (TPSA) is 62.3 Å². The quantitative estimate of drug-likeness (QED) is 0.591. The maximum atomic E-state index is 12.9. The molecule has 8 atom stereocenters. The van der Waals surface area contributed by atoms with Crippen molar-refractivity contribution in [3.8, 4) is 0 Å². The van der Waals surface area contributed by atoms with Gasteiger partial charge in [0.25, 0.3) is 0 Å². The van der Waals surface area contributed by atoms with Gasteiger partial charge in [-0.15, -0.1) is 0 Å². The number of likely N-dealkylation sites (N-methyl/N-ethyl adjacent to an activating group) is 1. The Hall–Kier alpha value is -1.43. The zero-order valence-corrected chi connectivity index (χ0v) is 18.4. The fourth-order valence-corrected chi connectivity index (χ4v) is 6.81. The first-order valence-electron chi connectivity index (χ1n) is 11.6. The number of carbonyl (C=O) groups excluding carboxylic acids is 1. The monoisotopic (exact) mass is 413 g/mol. The number of esters is 1. The van der Waals surface area contributed by atoms with Crippen molar-refractivity contribution in [2.45, 2.75) is 69.8 Å². The molecule has 30 heavy (non-hydrogen) atoms. The van der Waals surface area contributed by atoms with Crippen molar-refractivity contribution in [1.82, 2.24) is 4.90 Å². The largest absolute Gasteiger partial charge is 0.462 e. The Morgan fingerprint density at radius 1 is 1.27 bits per heavy atom. The van der Waals surface area contributed by atoms with Crippen molar-refractivity contribution < 1.29 is 19.4 Å². The average molecular weight is 414 g/mol. The molecule has 4 aliphatic rings. The van der Waals surface area contributed by atoms with E-state index in [1.807, 2.05) is 44.3 Å². The first-order valence-corrected chi connectivity index (χ1v) is 11.6. The number of benzene rings is 1. The van der Waals surface area contributed by atoms with E-state index in [9.17, 15) is 9.90 Å². The van der Waals surface area contributed by atoms with Gasteiger partial charge in [-0.1, -0.05) is 37.3 Å². The molecule has 1 N–H and O–H groups in total. The molecule has 1 spiro atoms. The van der Waals surface area contributed by atoms with Crippen LogP contribution in [0.1, 0.15) is 57.6 Å². The average Bonchev–Trinajstić information content (AvgIpc) is 3.44. The van der Waals surface area contributed by atoms with Gasteiger partial charge in [-0.25, -0.2) is 0 Å². The van der Waals surface area contributed by atoms with Crippen molar-refractivity contribution in [3.05, 3.63) is 35.9 Å². The Labute approximate surface area is 179 Å². The van der Waals surface area contributed by atoms with Crippen molar-refractivity contribution in [2.75, 3.05) is 20.2 Å². The lowest BCUT2D eigenvalue weighted by molar-refractivity contribution is -0.147. The lowest BCUT2D eigenvalue weighted by Gasteiger charge is -2.51. The number of carbonyl (C=O) groups is 1. The maximum Gasteiger partial charge on any atom is 0.310 e. The van der Waals surface area contributed by atoms with Crippen LogP contribution in [0.5, 0.6) is 0 Å². The number of epoxide rings is 1. The minimum atomic E-state index is -0.583. The molecular weight excluding hydrogens is 378 g/mol. The highest BCUT2D eigenvalue weighted by molar-refractivity contribution is 5.75. The Morgan fingerprint density at radius 3 is 2.70 bits per heavy atom. The molecule has 2 saturated heterocycles. The number of ether oxygens (including phenoxy) is 2. The van der Waals surface area contributed by atoms with Crippen LogP contribution >= 0.6 is 0 Å². The Kier molecular flexibility index (Phi) is 4.99. The van der Waals surface area contributed by atoms with E-state index >= 15 is 0 Å². The zero-order valence-electron chi connectivity index (χ0n) is 18.4. The zero-order chi connectivity index (χ0) is 21.1. The summed E-state index contributed by atoms with van der Waals surface area (Å²) in [4.78, 5) is 15.0. The van der Waals surface area contributed by atoms with Crippen LogP contribution in [0.15, 0.2) is 30.3 Å². The highest BCUT2D eigenvalue weighted by atomic mass is 16.6. The minimum Gasteiger partial charge on any atom is -0.462 e. The molecule has 0 unspecified atom stereocenters. The molecule has 2 aliphatic carbocycles. The second-order valence-corrected chi connectivity index (χ2v) is 10.6. The first kappa shape index (κ1) is 20.5. The highest BCUT2D eigenvalue weighted by Crippen LogP contribution is 2.62. The molecule has 0 radical (unpaired) electrons. The maximum absolute atomic E-state index is 12.9. The van der Waals surface area contributed by atoms with Crippen LogP contribution in [0.2, 0.25) is 0 Å². The Morgan fingerprint density at radius 2 is 2.00 bits per heavy atom. The summed E-state index contributed by atoms with van der Waals surface area (Å²) in [7, 11) is 2.01. The van der Waals surface area contributed by atoms with Crippen LogP contribution in [-0.2, 0) is 14.3 Å². The summed E-state index contributed by atoms with van der Waals surface area (Å²) in [6.07, 6.45) is 5.07. The number of fused-ring (bicyclic) bond motifs is 3. The molecule has 2 aliphatic heterocycles. The number of aliphatic hydroxyl groups excluding tert-OH is 1. The second-order valence-electron chi connectivity index (χ2n) is 10.6. The van der Waals surface area contributed by atoms with Crippen molar-refractivity contribution in [1.29, 1.82) is 0 Å². The van der Waals surface area contributed by atoms with Gasteiger partial charge in [-0.05, 0) is 63.0 Å². The molecule has 2 saturated carbocycles. The molecule has 5 heteroatoms. The van der Waals surface area contributed by atoms with Gasteiger partial charge in [-0.2, -0.15) is 0 Å². The molecular formula is C25H35NO4. The van der Waals surface area contributed by atoms with Gasteiger partial charge in [0.2, 0.25) is 0 Å². The third-order valence-electron chi connectivity index (χ3n) is 8.86. The van der Waals surface area contributed by atoms with Crippen LogP contribution in [-0.4, -0.2) is 53.9 Å². The Balaban J connectivity index is 1.30. The number of rotatable bonds is 5. The molecule has 5 nitrogen and oxygen atoms in total. The van der Waals surface area contributed by atoms with Crippen LogP contribution in [0.4, 0.5) is 0 Å². The van der Waals surface area contributed by atoms with Gasteiger partial charge in [0.15, 0.2) is 0 Å².